The molecule has 0 heterocycles. The minimum Gasteiger partial charge on any atom is -0.321 e. The minimum absolute atomic E-state index is 0.104. The molecule has 0 saturated heterocycles. The molecular weight excluding hydrogens is 320 g/mol. The van der Waals surface area contributed by atoms with Crippen molar-refractivity contribution >= 4 is 28.4 Å². The molecule has 1 amide bonds. The lowest BCUT2D eigenvalue weighted by atomic mass is 9.98. The Hall–Kier alpha value is -3.38. The lowest BCUT2D eigenvalue weighted by Crippen LogP contribution is -2.14. The first-order valence-corrected chi connectivity index (χ1v) is 8.69. The molecule has 3 aromatic carbocycles. The van der Waals surface area contributed by atoms with Crippen LogP contribution in [0, 0.1) is 18.3 Å². The van der Waals surface area contributed by atoms with E-state index in [1.165, 1.54) is 16.5 Å². The van der Waals surface area contributed by atoms with E-state index in [4.69, 9.17) is 0 Å². The number of carbonyl (C=O) groups excluding carboxylic acids is 1. The number of anilines is 1. The summed E-state index contributed by atoms with van der Waals surface area (Å²) in [6, 6.07) is 20.0. The number of nitrogens with zero attached hydrogens (tertiary/aromatic N) is 1. The second-order valence-electron chi connectivity index (χ2n) is 6.59. The average molecular weight is 338 g/mol. The summed E-state index contributed by atoms with van der Waals surface area (Å²) < 4.78 is 0. The number of carbonyl (C=O) groups is 1. The second kappa shape index (κ2) is 6.50. The smallest absolute Gasteiger partial charge is 0.266 e. The minimum atomic E-state index is -0.384. The van der Waals surface area contributed by atoms with Gasteiger partial charge in [-0.05, 0) is 64.9 Å². The van der Waals surface area contributed by atoms with Gasteiger partial charge in [-0.1, -0.05) is 48.5 Å². The van der Waals surface area contributed by atoms with E-state index in [1.54, 1.807) is 6.08 Å². The highest BCUT2D eigenvalue weighted by Gasteiger charge is 2.16. The largest absolute Gasteiger partial charge is 0.321 e. The summed E-state index contributed by atoms with van der Waals surface area (Å²) in [4.78, 5) is 12.6. The maximum absolute atomic E-state index is 12.6. The van der Waals surface area contributed by atoms with E-state index in [1.807, 2.05) is 49.4 Å². The SMILES string of the molecule is Cc1ccccc1NC(=O)/C(C#N)=C/c1ccc2c3c(cccc13)CC2. The van der Waals surface area contributed by atoms with Crippen LogP contribution in [0.25, 0.3) is 16.8 Å². The van der Waals surface area contributed by atoms with Gasteiger partial charge < -0.3 is 5.32 Å². The topological polar surface area (TPSA) is 52.9 Å². The van der Waals surface area contributed by atoms with Crippen molar-refractivity contribution in [3.05, 3.63) is 82.4 Å². The molecule has 1 aliphatic carbocycles. The van der Waals surface area contributed by atoms with E-state index >= 15 is 0 Å². The standard InChI is InChI=1S/C23H18N2O/c1-15-5-2-3-8-21(15)25-23(26)19(14-24)13-18-12-11-17-10-9-16-6-4-7-20(18)22(16)17/h2-8,11-13H,9-10H2,1H3,(H,25,26)/b19-13+. The van der Waals surface area contributed by atoms with Crippen LogP contribution in [-0.2, 0) is 17.6 Å². The fourth-order valence-electron chi connectivity index (χ4n) is 3.60. The highest BCUT2D eigenvalue weighted by molar-refractivity contribution is 6.11. The van der Waals surface area contributed by atoms with Crippen molar-refractivity contribution in [3.8, 4) is 6.07 Å². The summed E-state index contributed by atoms with van der Waals surface area (Å²) in [5.41, 5.74) is 5.38. The molecule has 0 aliphatic heterocycles. The molecule has 0 unspecified atom stereocenters. The first-order chi connectivity index (χ1) is 12.7. The van der Waals surface area contributed by atoms with E-state index in [9.17, 15) is 10.1 Å². The van der Waals surface area contributed by atoms with Gasteiger partial charge in [0.05, 0.1) is 0 Å². The number of amides is 1. The van der Waals surface area contributed by atoms with Crippen molar-refractivity contribution in [2.45, 2.75) is 19.8 Å². The maximum Gasteiger partial charge on any atom is 0.266 e. The lowest BCUT2D eigenvalue weighted by molar-refractivity contribution is -0.112. The Morgan fingerprint density at radius 1 is 1.04 bits per heavy atom. The number of hydrogen-bond acceptors (Lipinski definition) is 2. The molecular formula is C23H18N2O. The van der Waals surface area contributed by atoms with Crippen molar-refractivity contribution in [1.29, 1.82) is 5.26 Å². The van der Waals surface area contributed by atoms with Crippen LogP contribution in [0.3, 0.4) is 0 Å². The Labute approximate surface area is 152 Å². The molecule has 0 radical (unpaired) electrons. The number of aryl methyl sites for hydroxylation is 3. The Morgan fingerprint density at radius 3 is 2.58 bits per heavy atom. The number of benzene rings is 3. The summed E-state index contributed by atoms with van der Waals surface area (Å²) in [7, 11) is 0. The fraction of sp³-hybridized carbons (Fsp3) is 0.130. The summed E-state index contributed by atoms with van der Waals surface area (Å²) in [5.74, 6) is -0.384. The van der Waals surface area contributed by atoms with E-state index in [0.29, 0.717) is 0 Å². The van der Waals surface area contributed by atoms with Crippen LogP contribution in [-0.4, -0.2) is 5.91 Å². The first-order valence-electron chi connectivity index (χ1n) is 8.69. The molecule has 0 saturated carbocycles. The molecule has 26 heavy (non-hydrogen) atoms. The van der Waals surface area contributed by atoms with Crippen molar-refractivity contribution in [2.75, 3.05) is 5.32 Å². The predicted molar refractivity (Wildman–Crippen MR) is 105 cm³/mol. The van der Waals surface area contributed by atoms with E-state index in [2.05, 4.69) is 23.5 Å². The zero-order valence-corrected chi connectivity index (χ0v) is 14.5. The molecule has 3 heteroatoms. The number of rotatable bonds is 3. The summed E-state index contributed by atoms with van der Waals surface area (Å²) in [5, 5.41) is 14.7. The molecule has 1 aliphatic rings. The Kier molecular flexibility index (Phi) is 4.02. The molecule has 1 N–H and O–H groups in total. The zero-order valence-electron chi connectivity index (χ0n) is 14.5. The molecule has 4 rings (SSSR count). The monoisotopic (exact) mass is 338 g/mol. The number of nitrogens with one attached hydrogen (secondary N) is 1. The van der Waals surface area contributed by atoms with Crippen LogP contribution in [0.2, 0.25) is 0 Å². The van der Waals surface area contributed by atoms with Gasteiger partial charge in [0.15, 0.2) is 0 Å². The normalized spacial score (nSPS) is 12.8. The van der Waals surface area contributed by atoms with Gasteiger partial charge >= 0.3 is 0 Å². The summed E-state index contributed by atoms with van der Waals surface area (Å²) in [6.45, 7) is 1.93. The van der Waals surface area contributed by atoms with Crippen molar-refractivity contribution in [3.63, 3.8) is 0 Å². The van der Waals surface area contributed by atoms with Gasteiger partial charge in [0.1, 0.15) is 11.6 Å². The maximum atomic E-state index is 12.6. The zero-order chi connectivity index (χ0) is 18.1. The fourth-order valence-corrected chi connectivity index (χ4v) is 3.60. The van der Waals surface area contributed by atoms with Crippen LogP contribution in [0.4, 0.5) is 5.69 Å². The van der Waals surface area contributed by atoms with Gasteiger partial charge in [-0.2, -0.15) is 5.26 Å². The Bertz CT molecular complexity index is 1090. The van der Waals surface area contributed by atoms with Gasteiger partial charge in [-0.3, -0.25) is 4.79 Å². The van der Waals surface area contributed by atoms with Crippen LogP contribution in [0.5, 0.6) is 0 Å². The molecule has 0 fully saturated rings. The molecule has 0 spiro atoms. The number of hydrogen-bond donors (Lipinski definition) is 1. The Morgan fingerprint density at radius 2 is 1.81 bits per heavy atom. The average Bonchev–Trinajstić information content (AvgIpc) is 3.08. The highest BCUT2D eigenvalue weighted by Crippen LogP contribution is 2.33. The van der Waals surface area contributed by atoms with Crippen LogP contribution in [0.15, 0.2) is 60.2 Å². The molecule has 0 bridgehead atoms. The third-order valence-corrected chi connectivity index (χ3v) is 4.97. The quantitative estimate of drug-likeness (QED) is 0.551. The van der Waals surface area contributed by atoms with Gasteiger partial charge in [-0.15, -0.1) is 0 Å². The van der Waals surface area contributed by atoms with E-state index in [-0.39, 0.29) is 11.5 Å². The summed E-state index contributed by atoms with van der Waals surface area (Å²) >= 11 is 0. The van der Waals surface area contributed by atoms with Crippen molar-refractivity contribution in [2.24, 2.45) is 0 Å². The van der Waals surface area contributed by atoms with E-state index in [0.717, 1.165) is 35.0 Å². The molecule has 0 aromatic heterocycles. The van der Waals surface area contributed by atoms with Gasteiger partial charge in [0.25, 0.3) is 5.91 Å². The Balaban J connectivity index is 1.73. The third kappa shape index (κ3) is 2.76. The van der Waals surface area contributed by atoms with Gasteiger partial charge in [0.2, 0.25) is 0 Å². The number of para-hydroxylation sites is 1. The molecule has 3 nitrogen and oxygen atoms in total. The van der Waals surface area contributed by atoms with Crippen LogP contribution < -0.4 is 5.32 Å². The summed E-state index contributed by atoms with van der Waals surface area (Å²) in [6.07, 6.45) is 3.80. The lowest BCUT2D eigenvalue weighted by Gasteiger charge is -2.09. The van der Waals surface area contributed by atoms with Crippen molar-refractivity contribution in [1.82, 2.24) is 0 Å². The highest BCUT2D eigenvalue weighted by atomic mass is 16.1. The van der Waals surface area contributed by atoms with E-state index < -0.39 is 0 Å². The molecule has 3 aromatic rings. The van der Waals surface area contributed by atoms with Crippen LogP contribution in [0.1, 0.15) is 22.3 Å². The predicted octanol–water partition coefficient (Wildman–Crippen LogP) is 4.79. The van der Waals surface area contributed by atoms with Crippen molar-refractivity contribution < 1.29 is 4.79 Å². The van der Waals surface area contributed by atoms with Gasteiger partial charge in [0, 0.05) is 5.69 Å². The molecule has 126 valence electrons. The van der Waals surface area contributed by atoms with Crippen LogP contribution >= 0.6 is 0 Å². The molecule has 0 atom stereocenters. The third-order valence-electron chi connectivity index (χ3n) is 4.97. The number of nitriles is 1. The first kappa shape index (κ1) is 16.1. The van der Waals surface area contributed by atoms with Gasteiger partial charge in [-0.25, -0.2) is 0 Å². The second-order valence-corrected chi connectivity index (χ2v) is 6.59.